The van der Waals surface area contributed by atoms with Crippen molar-refractivity contribution in [3.05, 3.63) is 131 Å². The molecule has 4 aromatic rings. The van der Waals surface area contributed by atoms with Crippen molar-refractivity contribution < 1.29 is 39.1 Å². The standard InChI is InChI=1S/2C22H27N3O4/c2*1-16(2)20(21(26)23-28)25-13-12-24(22(25)27)14-17-8-10-19(11-9-17)29-15-18-6-4-3-5-7-18/h2*3-11,16,20,28H,12-15H2,1-2H3,(H,23,26). The molecular weight excluding hydrogens is 741 g/mol. The van der Waals surface area contributed by atoms with Crippen molar-refractivity contribution >= 4 is 23.9 Å². The monoisotopic (exact) mass is 794 g/mol. The zero-order chi connectivity index (χ0) is 41.6. The second kappa shape index (κ2) is 20.9. The first-order valence-electron chi connectivity index (χ1n) is 19.5. The summed E-state index contributed by atoms with van der Waals surface area (Å²) >= 11 is 0. The fourth-order valence-corrected chi connectivity index (χ4v) is 7.06. The number of carbonyl (C=O) groups excluding carboxylic acids is 4. The van der Waals surface area contributed by atoms with Crippen molar-refractivity contribution in [2.45, 2.75) is 66.1 Å². The van der Waals surface area contributed by atoms with Crippen LogP contribution in [0.15, 0.2) is 109 Å². The maximum Gasteiger partial charge on any atom is 0.321 e. The van der Waals surface area contributed by atoms with E-state index in [2.05, 4.69) is 0 Å². The van der Waals surface area contributed by atoms with Crippen LogP contribution in [0.25, 0.3) is 0 Å². The van der Waals surface area contributed by atoms with Gasteiger partial charge in [-0.1, -0.05) is 113 Å². The second-order valence-electron chi connectivity index (χ2n) is 15.0. The Balaban J connectivity index is 0.000000221. The first-order valence-corrected chi connectivity index (χ1v) is 19.5. The third-order valence-corrected chi connectivity index (χ3v) is 10.0. The predicted molar refractivity (Wildman–Crippen MR) is 217 cm³/mol. The maximum absolute atomic E-state index is 12.8. The average Bonchev–Trinajstić information content (AvgIpc) is 3.77. The number of carbonyl (C=O) groups is 4. The first kappa shape index (κ1) is 43.0. The lowest BCUT2D eigenvalue weighted by Crippen LogP contribution is -2.50. The van der Waals surface area contributed by atoms with Gasteiger partial charge in [0.1, 0.15) is 36.8 Å². The van der Waals surface area contributed by atoms with Gasteiger partial charge in [-0.15, -0.1) is 0 Å². The molecule has 2 saturated heterocycles. The fraction of sp³-hybridized carbons (Fsp3) is 0.364. The number of hydrogen-bond acceptors (Lipinski definition) is 8. The second-order valence-corrected chi connectivity index (χ2v) is 15.0. The molecule has 0 aromatic heterocycles. The highest BCUT2D eigenvalue weighted by molar-refractivity contribution is 5.88. The number of nitrogens with zero attached hydrogens (tertiary/aromatic N) is 4. The fourth-order valence-electron chi connectivity index (χ4n) is 7.06. The summed E-state index contributed by atoms with van der Waals surface area (Å²) in [4.78, 5) is 55.9. The minimum Gasteiger partial charge on any atom is -0.489 e. The zero-order valence-corrected chi connectivity index (χ0v) is 33.5. The van der Waals surface area contributed by atoms with E-state index >= 15 is 0 Å². The minimum atomic E-state index is -0.689. The minimum absolute atomic E-state index is 0.105. The van der Waals surface area contributed by atoms with E-state index in [1.54, 1.807) is 20.8 Å². The highest BCUT2D eigenvalue weighted by Gasteiger charge is 2.40. The van der Waals surface area contributed by atoms with E-state index in [9.17, 15) is 19.2 Å². The Morgan fingerprint density at radius 1 is 0.534 bits per heavy atom. The van der Waals surface area contributed by atoms with Crippen LogP contribution in [-0.2, 0) is 35.9 Å². The molecule has 0 spiro atoms. The number of amides is 6. The van der Waals surface area contributed by atoms with Gasteiger partial charge in [0.15, 0.2) is 0 Å². The van der Waals surface area contributed by atoms with Crippen LogP contribution in [-0.4, -0.2) is 92.2 Å². The lowest BCUT2D eigenvalue weighted by Gasteiger charge is -2.29. The van der Waals surface area contributed by atoms with Crippen molar-refractivity contribution in [2.24, 2.45) is 11.8 Å². The summed E-state index contributed by atoms with van der Waals surface area (Å²) in [6, 6.07) is 33.5. The smallest absolute Gasteiger partial charge is 0.321 e. The molecule has 6 amide bonds. The van der Waals surface area contributed by atoms with Gasteiger partial charge in [0.2, 0.25) is 0 Å². The molecular formula is C44H54N6O8. The SMILES string of the molecule is CC(C)C(C(=O)NO)N1CCN(Cc2ccc(OCc3ccccc3)cc2)C1=O.CC(C)C(C(=O)NO)N1CCN(Cc2ccc(OCc3ccccc3)cc2)C1=O. The van der Waals surface area contributed by atoms with E-state index < -0.39 is 23.9 Å². The van der Waals surface area contributed by atoms with Gasteiger partial charge in [-0.25, -0.2) is 20.5 Å². The van der Waals surface area contributed by atoms with E-state index in [0.717, 1.165) is 33.8 Å². The number of hydrogen-bond donors (Lipinski definition) is 4. The van der Waals surface area contributed by atoms with Gasteiger partial charge in [0, 0.05) is 39.3 Å². The molecule has 308 valence electrons. The highest BCUT2D eigenvalue weighted by Crippen LogP contribution is 2.24. The average molecular weight is 795 g/mol. The molecule has 0 aliphatic carbocycles. The largest absolute Gasteiger partial charge is 0.489 e. The predicted octanol–water partition coefficient (Wildman–Crippen LogP) is 6.07. The molecule has 14 nitrogen and oxygen atoms in total. The number of ether oxygens (including phenoxy) is 2. The van der Waals surface area contributed by atoms with Crippen LogP contribution < -0.4 is 20.4 Å². The van der Waals surface area contributed by atoms with Crippen LogP contribution in [0.4, 0.5) is 9.59 Å². The summed E-state index contributed by atoms with van der Waals surface area (Å²) in [7, 11) is 0. The third-order valence-electron chi connectivity index (χ3n) is 10.0. The molecule has 0 saturated carbocycles. The molecule has 6 rings (SSSR count). The quantitative estimate of drug-likeness (QED) is 0.0785. The number of hydroxylamine groups is 2. The Hall–Kier alpha value is -6.12. The van der Waals surface area contributed by atoms with Gasteiger partial charge in [-0.05, 0) is 58.4 Å². The summed E-state index contributed by atoms with van der Waals surface area (Å²) in [6.07, 6.45) is 0. The number of urea groups is 2. The van der Waals surface area contributed by atoms with Gasteiger partial charge in [-0.3, -0.25) is 20.0 Å². The van der Waals surface area contributed by atoms with Crippen LogP contribution in [0.1, 0.15) is 49.9 Å². The Labute approximate surface area is 339 Å². The molecule has 4 aromatic carbocycles. The first-order chi connectivity index (χ1) is 28.0. The number of benzene rings is 4. The molecule has 4 N–H and O–H groups in total. The summed E-state index contributed by atoms with van der Waals surface area (Å²) in [6.45, 7) is 11.3. The van der Waals surface area contributed by atoms with E-state index in [1.165, 1.54) is 9.80 Å². The van der Waals surface area contributed by atoms with Crippen LogP contribution >= 0.6 is 0 Å². The molecule has 58 heavy (non-hydrogen) atoms. The summed E-state index contributed by atoms with van der Waals surface area (Å²) in [5.41, 5.74) is 7.52. The van der Waals surface area contributed by atoms with Crippen molar-refractivity contribution in [1.29, 1.82) is 0 Å². The number of nitrogens with one attached hydrogen (secondary N) is 2. The Bertz CT molecular complexity index is 1790. The molecule has 2 unspecified atom stereocenters. The highest BCUT2D eigenvalue weighted by atomic mass is 16.5. The van der Waals surface area contributed by atoms with E-state index in [-0.39, 0.29) is 23.9 Å². The molecule has 2 aliphatic rings. The lowest BCUT2D eigenvalue weighted by atomic mass is 10.0. The molecule has 0 bridgehead atoms. The van der Waals surface area contributed by atoms with E-state index in [4.69, 9.17) is 19.9 Å². The molecule has 2 atom stereocenters. The molecule has 2 fully saturated rings. The van der Waals surface area contributed by atoms with Gasteiger partial charge in [0.25, 0.3) is 11.8 Å². The van der Waals surface area contributed by atoms with Gasteiger partial charge < -0.3 is 29.1 Å². The maximum atomic E-state index is 12.8. The molecule has 2 aliphatic heterocycles. The Kier molecular flexibility index (Phi) is 15.5. The van der Waals surface area contributed by atoms with Gasteiger partial charge >= 0.3 is 12.1 Å². The van der Waals surface area contributed by atoms with Crippen LogP contribution in [0.5, 0.6) is 11.5 Å². The van der Waals surface area contributed by atoms with Crippen molar-refractivity contribution in [3.63, 3.8) is 0 Å². The van der Waals surface area contributed by atoms with Gasteiger partial charge in [0.05, 0.1) is 0 Å². The molecule has 2 heterocycles. The zero-order valence-electron chi connectivity index (χ0n) is 33.5. The summed E-state index contributed by atoms with van der Waals surface area (Å²) in [5.74, 6) is 0.211. The van der Waals surface area contributed by atoms with Crippen LogP contribution in [0.3, 0.4) is 0 Å². The van der Waals surface area contributed by atoms with Crippen molar-refractivity contribution in [2.75, 3.05) is 26.2 Å². The summed E-state index contributed by atoms with van der Waals surface area (Å²) in [5, 5.41) is 18.0. The summed E-state index contributed by atoms with van der Waals surface area (Å²) < 4.78 is 11.6. The van der Waals surface area contributed by atoms with Crippen molar-refractivity contribution in [3.8, 4) is 11.5 Å². The van der Waals surface area contributed by atoms with Crippen LogP contribution in [0, 0.1) is 11.8 Å². The Morgan fingerprint density at radius 3 is 1.19 bits per heavy atom. The van der Waals surface area contributed by atoms with E-state index in [1.807, 2.05) is 137 Å². The Morgan fingerprint density at radius 2 is 0.879 bits per heavy atom. The number of rotatable bonds is 16. The normalized spacial score (nSPS) is 15.0. The van der Waals surface area contributed by atoms with Crippen LogP contribution in [0.2, 0.25) is 0 Å². The molecule has 14 heteroatoms. The van der Waals surface area contributed by atoms with Gasteiger partial charge in [-0.2, -0.15) is 0 Å². The lowest BCUT2D eigenvalue weighted by molar-refractivity contribution is -0.135. The van der Waals surface area contributed by atoms with E-state index in [0.29, 0.717) is 52.5 Å². The van der Waals surface area contributed by atoms with Crippen molar-refractivity contribution in [1.82, 2.24) is 30.6 Å². The topological polar surface area (TPSA) is 164 Å². The molecule has 0 radical (unpaired) electrons. The third kappa shape index (κ3) is 11.5.